The molecule has 1 aromatic heterocycles. The molecular formula is C14H19N3O6. The molecule has 1 rings (SSSR count). The van der Waals surface area contributed by atoms with Crippen LogP contribution in [0.3, 0.4) is 0 Å². The van der Waals surface area contributed by atoms with Crippen LogP contribution in [0.5, 0.6) is 5.88 Å². The van der Waals surface area contributed by atoms with Gasteiger partial charge in [-0.15, -0.1) is 0 Å². The highest BCUT2D eigenvalue weighted by molar-refractivity contribution is 5.97. The highest BCUT2D eigenvalue weighted by Crippen LogP contribution is 2.15. The number of urea groups is 1. The number of ether oxygens (including phenoxy) is 3. The zero-order chi connectivity index (χ0) is 17.1. The molecule has 0 bridgehead atoms. The number of nitrogens with one attached hydrogen (secondary N) is 2. The fourth-order valence-electron chi connectivity index (χ4n) is 1.48. The summed E-state index contributed by atoms with van der Waals surface area (Å²) in [5, 5.41) is 4.41. The fourth-order valence-corrected chi connectivity index (χ4v) is 1.48. The van der Waals surface area contributed by atoms with E-state index in [2.05, 4.69) is 10.3 Å². The highest BCUT2D eigenvalue weighted by Gasteiger charge is 2.17. The normalized spacial score (nSPS) is 9.83. The number of pyridine rings is 1. The molecule has 9 nitrogen and oxygen atoms in total. The van der Waals surface area contributed by atoms with Gasteiger partial charge < -0.3 is 19.5 Å². The molecule has 0 unspecified atom stereocenters. The van der Waals surface area contributed by atoms with Crippen molar-refractivity contribution in [2.75, 3.05) is 33.5 Å². The van der Waals surface area contributed by atoms with Gasteiger partial charge >= 0.3 is 12.0 Å². The van der Waals surface area contributed by atoms with Crippen molar-refractivity contribution < 1.29 is 28.6 Å². The molecule has 0 fully saturated rings. The number of methoxy groups -OCH3 is 1. The number of esters is 1. The highest BCUT2D eigenvalue weighted by atomic mass is 16.5. The summed E-state index contributed by atoms with van der Waals surface area (Å²) < 4.78 is 14.8. The zero-order valence-electron chi connectivity index (χ0n) is 13.0. The van der Waals surface area contributed by atoms with E-state index >= 15 is 0 Å². The number of amides is 3. The molecule has 0 aliphatic carbocycles. The van der Waals surface area contributed by atoms with E-state index in [0.717, 1.165) is 0 Å². The van der Waals surface area contributed by atoms with Crippen LogP contribution in [0.2, 0.25) is 0 Å². The minimum Gasteiger partial charge on any atom is -0.477 e. The van der Waals surface area contributed by atoms with E-state index in [-0.39, 0.29) is 18.0 Å². The van der Waals surface area contributed by atoms with Gasteiger partial charge in [0.15, 0.2) is 6.61 Å². The Hall–Kier alpha value is -2.68. The van der Waals surface area contributed by atoms with Crippen molar-refractivity contribution in [3.8, 4) is 5.88 Å². The summed E-state index contributed by atoms with van der Waals surface area (Å²) in [6.07, 6.45) is 1.47. The third-order valence-electron chi connectivity index (χ3n) is 2.45. The second-order valence-electron chi connectivity index (χ2n) is 4.16. The summed E-state index contributed by atoms with van der Waals surface area (Å²) in [5.41, 5.74) is 0.103. The van der Waals surface area contributed by atoms with Crippen LogP contribution in [0.25, 0.3) is 0 Å². The second-order valence-corrected chi connectivity index (χ2v) is 4.16. The van der Waals surface area contributed by atoms with Gasteiger partial charge in [0.05, 0.1) is 13.2 Å². The van der Waals surface area contributed by atoms with Crippen LogP contribution >= 0.6 is 0 Å². The van der Waals surface area contributed by atoms with E-state index in [9.17, 15) is 14.4 Å². The second kappa shape index (κ2) is 10.1. The largest absolute Gasteiger partial charge is 0.477 e. The Kier molecular flexibility index (Phi) is 8.08. The molecule has 0 atom stereocenters. The summed E-state index contributed by atoms with van der Waals surface area (Å²) in [4.78, 5) is 38.6. The Morgan fingerprint density at radius 1 is 1.30 bits per heavy atom. The first-order valence-corrected chi connectivity index (χ1v) is 6.90. The van der Waals surface area contributed by atoms with Crippen molar-refractivity contribution in [3.63, 3.8) is 0 Å². The first-order valence-electron chi connectivity index (χ1n) is 6.90. The Morgan fingerprint density at radius 3 is 2.78 bits per heavy atom. The van der Waals surface area contributed by atoms with Gasteiger partial charge in [-0.25, -0.2) is 14.6 Å². The maximum Gasteiger partial charge on any atom is 0.344 e. The summed E-state index contributed by atoms with van der Waals surface area (Å²) in [6.45, 7) is 2.05. The smallest absolute Gasteiger partial charge is 0.344 e. The Labute approximate surface area is 133 Å². The van der Waals surface area contributed by atoms with Gasteiger partial charge in [-0.1, -0.05) is 0 Å². The van der Waals surface area contributed by atoms with E-state index in [1.165, 1.54) is 19.4 Å². The number of carbonyl (C=O) groups is 3. The maximum absolute atomic E-state index is 11.9. The zero-order valence-corrected chi connectivity index (χ0v) is 13.0. The number of rotatable bonds is 8. The summed E-state index contributed by atoms with van der Waals surface area (Å²) in [5.74, 6) is -1.40. The van der Waals surface area contributed by atoms with Crippen molar-refractivity contribution in [2.45, 2.75) is 6.92 Å². The molecule has 0 aromatic carbocycles. The topological polar surface area (TPSA) is 116 Å². The van der Waals surface area contributed by atoms with Gasteiger partial charge in [-0.3, -0.25) is 10.1 Å². The predicted molar refractivity (Wildman–Crippen MR) is 79.1 cm³/mol. The lowest BCUT2D eigenvalue weighted by Gasteiger charge is -2.09. The number of imide groups is 1. The Balaban J connectivity index is 2.44. The van der Waals surface area contributed by atoms with Gasteiger partial charge in [-0.05, 0) is 19.1 Å². The van der Waals surface area contributed by atoms with Crippen molar-refractivity contribution in [1.82, 2.24) is 15.6 Å². The van der Waals surface area contributed by atoms with E-state index in [1.807, 2.05) is 5.32 Å². The van der Waals surface area contributed by atoms with Crippen LogP contribution < -0.4 is 15.4 Å². The monoisotopic (exact) mass is 325 g/mol. The summed E-state index contributed by atoms with van der Waals surface area (Å²) >= 11 is 0. The molecule has 2 N–H and O–H groups in total. The van der Waals surface area contributed by atoms with E-state index in [1.54, 1.807) is 13.0 Å². The summed E-state index contributed by atoms with van der Waals surface area (Å²) in [6, 6.07) is 2.32. The molecule has 1 aromatic rings. The SMILES string of the molecule is CCOc1ncccc1C(=O)OCC(=O)NC(=O)NCCOC. The van der Waals surface area contributed by atoms with Crippen LogP contribution in [0.1, 0.15) is 17.3 Å². The van der Waals surface area contributed by atoms with Crippen molar-refractivity contribution >= 4 is 17.9 Å². The average Bonchev–Trinajstić information content (AvgIpc) is 2.53. The van der Waals surface area contributed by atoms with E-state index < -0.39 is 24.5 Å². The Morgan fingerprint density at radius 2 is 2.09 bits per heavy atom. The van der Waals surface area contributed by atoms with Gasteiger partial charge in [0.2, 0.25) is 5.88 Å². The van der Waals surface area contributed by atoms with Gasteiger partial charge in [0.1, 0.15) is 5.56 Å². The van der Waals surface area contributed by atoms with Crippen LogP contribution in [-0.2, 0) is 14.3 Å². The molecule has 9 heteroatoms. The standard InChI is InChI=1S/C14H19N3O6/c1-3-22-12-10(5-4-6-15-12)13(19)23-9-11(18)17-14(20)16-7-8-21-2/h4-6H,3,7-9H2,1-2H3,(H2,16,17,18,20). The molecule has 1 heterocycles. The summed E-state index contributed by atoms with van der Waals surface area (Å²) in [7, 11) is 1.49. The molecular weight excluding hydrogens is 306 g/mol. The third-order valence-corrected chi connectivity index (χ3v) is 2.45. The van der Waals surface area contributed by atoms with Gasteiger partial charge in [0.25, 0.3) is 5.91 Å². The molecule has 0 spiro atoms. The molecule has 0 saturated heterocycles. The lowest BCUT2D eigenvalue weighted by Crippen LogP contribution is -2.42. The van der Waals surface area contributed by atoms with Gasteiger partial charge in [-0.2, -0.15) is 0 Å². The molecule has 126 valence electrons. The molecule has 0 aliphatic heterocycles. The Bertz CT molecular complexity index is 549. The van der Waals surface area contributed by atoms with Crippen molar-refractivity contribution in [1.29, 1.82) is 0 Å². The van der Waals surface area contributed by atoms with Crippen LogP contribution in [0.4, 0.5) is 4.79 Å². The number of hydrogen-bond acceptors (Lipinski definition) is 7. The number of aromatic nitrogens is 1. The molecule has 0 radical (unpaired) electrons. The number of hydrogen-bond donors (Lipinski definition) is 2. The van der Waals surface area contributed by atoms with E-state index in [4.69, 9.17) is 14.2 Å². The van der Waals surface area contributed by atoms with Crippen molar-refractivity contribution in [2.24, 2.45) is 0 Å². The van der Waals surface area contributed by atoms with E-state index in [0.29, 0.717) is 13.2 Å². The fraction of sp³-hybridized carbons (Fsp3) is 0.429. The maximum atomic E-state index is 11.9. The molecule has 3 amide bonds. The molecule has 0 saturated carbocycles. The third kappa shape index (κ3) is 6.74. The van der Waals surface area contributed by atoms with Gasteiger partial charge in [0, 0.05) is 19.9 Å². The minimum absolute atomic E-state index is 0.103. The minimum atomic E-state index is -0.767. The number of nitrogens with zero attached hydrogens (tertiary/aromatic N) is 1. The molecule has 0 aliphatic rings. The lowest BCUT2D eigenvalue weighted by molar-refractivity contribution is -0.123. The lowest BCUT2D eigenvalue weighted by atomic mass is 10.3. The van der Waals surface area contributed by atoms with Crippen LogP contribution in [0.15, 0.2) is 18.3 Å². The number of carbonyl (C=O) groups excluding carboxylic acids is 3. The average molecular weight is 325 g/mol. The van der Waals surface area contributed by atoms with Crippen LogP contribution in [-0.4, -0.2) is 56.4 Å². The predicted octanol–water partition coefficient (Wildman–Crippen LogP) is 0.109. The first kappa shape index (κ1) is 18.4. The first-order chi connectivity index (χ1) is 11.1. The molecule has 23 heavy (non-hydrogen) atoms. The van der Waals surface area contributed by atoms with Crippen molar-refractivity contribution in [3.05, 3.63) is 23.9 Å². The van der Waals surface area contributed by atoms with Crippen LogP contribution in [0, 0.1) is 0 Å². The quantitative estimate of drug-likeness (QED) is 0.515.